The molecule has 0 saturated heterocycles. The quantitative estimate of drug-likeness (QED) is 0.750. The summed E-state index contributed by atoms with van der Waals surface area (Å²) in [5.41, 5.74) is 2.96. The number of amidine groups is 1. The SMILES string of the molecule is COc1ccc(C(=O)NCCCNC2=NCc3ccccc32)cc1OC. The summed E-state index contributed by atoms with van der Waals surface area (Å²) >= 11 is 0. The van der Waals surface area contributed by atoms with Crippen LogP contribution < -0.4 is 20.1 Å². The highest BCUT2D eigenvalue weighted by Crippen LogP contribution is 2.27. The lowest BCUT2D eigenvalue weighted by molar-refractivity contribution is 0.0953. The normalized spacial score (nSPS) is 12.2. The molecule has 0 aliphatic carbocycles. The van der Waals surface area contributed by atoms with Crippen LogP contribution in [0.5, 0.6) is 11.5 Å². The van der Waals surface area contributed by atoms with Crippen LogP contribution in [0.4, 0.5) is 0 Å². The minimum Gasteiger partial charge on any atom is -0.493 e. The summed E-state index contributed by atoms with van der Waals surface area (Å²) in [5.74, 6) is 1.95. The molecule has 0 unspecified atom stereocenters. The van der Waals surface area contributed by atoms with E-state index in [0.29, 0.717) is 23.6 Å². The van der Waals surface area contributed by atoms with Crippen LogP contribution in [0.1, 0.15) is 27.9 Å². The number of rotatable bonds is 7. The predicted octanol–water partition coefficient (Wildman–Crippen LogP) is 2.37. The summed E-state index contributed by atoms with van der Waals surface area (Å²) in [6, 6.07) is 13.3. The Morgan fingerprint density at radius 2 is 1.88 bits per heavy atom. The molecule has 1 aliphatic heterocycles. The molecule has 0 aromatic heterocycles. The molecule has 1 heterocycles. The van der Waals surface area contributed by atoms with Crippen molar-refractivity contribution in [1.82, 2.24) is 10.6 Å². The summed E-state index contributed by atoms with van der Waals surface area (Å²) in [7, 11) is 3.12. The first kappa shape index (κ1) is 17.8. The third-order valence-corrected chi connectivity index (χ3v) is 4.26. The predicted molar refractivity (Wildman–Crippen MR) is 101 cm³/mol. The maximum Gasteiger partial charge on any atom is 0.251 e. The fourth-order valence-electron chi connectivity index (χ4n) is 2.87. The molecule has 0 atom stereocenters. The highest BCUT2D eigenvalue weighted by atomic mass is 16.5. The standard InChI is InChI=1S/C20H23N3O3/c1-25-17-9-8-14(12-18(17)26-2)20(24)22-11-5-10-21-19-16-7-4-3-6-15(16)13-23-19/h3-4,6-9,12H,5,10-11,13H2,1-2H3,(H,21,23)(H,22,24). The molecule has 2 N–H and O–H groups in total. The fraction of sp³-hybridized carbons (Fsp3) is 0.300. The van der Waals surface area contributed by atoms with Crippen molar-refractivity contribution < 1.29 is 14.3 Å². The molecule has 0 radical (unpaired) electrons. The number of amides is 1. The number of benzene rings is 2. The van der Waals surface area contributed by atoms with Gasteiger partial charge in [0.1, 0.15) is 5.84 Å². The van der Waals surface area contributed by atoms with Crippen molar-refractivity contribution >= 4 is 11.7 Å². The molecule has 1 amide bonds. The van der Waals surface area contributed by atoms with Gasteiger partial charge in [0.15, 0.2) is 11.5 Å². The van der Waals surface area contributed by atoms with Crippen LogP contribution in [0.2, 0.25) is 0 Å². The fourth-order valence-corrected chi connectivity index (χ4v) is 2.87. The van der Waals surface area contributed by atoms with Gasteiger partial charge in [0.2, 0.25) is 0 Å². The second-order valence-corrected chi connectivity index (χ2v) is 5.93. The van der Waals surface area contributed by atoms with Crippen LogP contribution in [0, 0.1) is 0 Å². The number of nitrogens with one attached hydrogen (secondary N) is 2. The highest BCUT2D eigenvalue weighted by molar-refractivity contribution is 6.01. The van der Waals surface area contributed by atoms with Crippen LogP contribution in [0.25, 0.3) is 0 Å². The van der Waals surface area contributed by atoms with E-state index < -0.39 is 0 Å². The van der Waals surface area contributed by atoms with E-state index in [4.69, 9.17) is 9.47 Å². The molecule has 6 nitrogen and oxygen atoms in total. The minimum absolute atomic E-state index is 0.130. The Labute approximate surface area is 153 Å². The van der Waals surface area contributed by atoms with Gasteiger partial charge >= 0.3 is 0 Å². The third kappa shape index (κ3) is 3.96. The van der Waals surface area contributed by atoms with Crippen molar-refractivity contribution in [3.8, 4) is 11.5 Å². The van der Waals surface area contributed by atoms with Crippen LogP contribution in [0.3, 0.4) is 0 Å². The number of hydrogen-bond donors (Lipinski definition) is 2. The topological polar surface area (TPSA) is 72.0 Å². The van der Waals surface area contributed by atoms with Gasteiger partial charge in [-0.15, -0.1) is 0 Å². The molecule has 0 fully saturated rings. The van der Waals surface area contributed by atoms with E-state index in [1.807, 2.05) is 12.1 Å². The molecule has 26 heavy (non-hydrogen) atoms. The number of hydrogen-bond acceptors (Lipinski definition) is 5. The van der Waals surface area contributed by atoms with Gasteiger partial charge < -0.3 is 20.1 Å². The van der Waals surface area contributed by atoms with Gasteiger partial charge in [0, 0.05) is 24.2 Å². The van der Waals surface area contributed by atoms with E-state index in [2.05, 4.69) is 27.8 Å². The summed E-state index contributed by atoms with van der Waals surface area (Å²) in [5, 5.41) is 6.26. The molecule has 0 saturated carbocycles. The Bertz CT molecular complexity index is 818. The second kappa shape index (κ2) is 8.38. The van der Waals surface area contributed by atoms with Crippen molar-refractivity contribution in [2.45, 2.75) is 13.0 Å². The number of aliphatic imine (C=N–C) groups is 1. The van der Waals surface area contributed by atoms with E-state index >= 15 is 0 Å². The molecular formula is C20H23N3O3. The first-order valence-corrected chi connectivity index (χ1v) is 8.59. The van der Waals surface area contributed by atoms with Crippen LogP contribution in [-0.4, -0.2) is 39.1 Å². The first-order chi connectivity index (χ1) is 12.7. The average Bonchev–Trinajstić information content (AvgIpc) is 3.10. The lowest BCUT2D eigenvalue weighted by Gasteiger charge is -2.11. The zero-order valence-electron chi connectivity index (χ0n) is 15.0. The summed E-state index contributed by atoms with van der Waals surface area (Å²) < 4.78 is 10.4. The molecular weight excluding hydrogens is 330 g/mol. The summed E-state index contributed by atoms with van der Waals surface area (Å²) in [4.78, 5) is 16.8. The van der Waals surface area contributed by atoms with Crippen molar-refractivity contribution in [3.63, 3.8) is 0 Å². The molecule has 0 spiro atoms. The van der Waals surface area contributed by atoms with E-state index in [1.165, 1.54) is 11.1 Å². The largest absolute Gasteiger partial charge is 0.493 e. The van der Waals surface area contributed by atoms with Crippen molar-refractivity contribution in [1.29, 1.82) is 0 Å². The maximum atomic E-state index is 12.2. The number of fused-ring (bicyclic) bond motifs is 1. The van der Waals surface area contributed by atoms with Gasteiger partial charge in [-0.25, -0.2) is 0 Å². The molecule has 3 rings (SSSR count). The number of nitrogens with zero attached hydrogens (tertiary/aromatic N) is 1. The van der Waals surface area contributed by atoms with Gasteiger partial charge in [0.25, 0.3) is 5.91 Å². The smallest absolute Gasteiger partial charge is 0.251 e. The van der Waals surface area contributed by atoms with E-state index in [0.717, 1.165) is 25.3 Å². The number of carbonyl (C=O) groups is 1. The molecule has 1 aliphatic rings. The Balaban J connectivity index is 1.43. The zero-order chi connectivity index (χ0) is 18.4. The Kier molecular flexibility index (Phi) is 5.73. The molecule has 0 bridgehead atoms. The summed E-state index contributed by atoms with van der Waals surface area (Å²) in [6.45, 7) is 2.06. The molecule has 2 aromatic rings. The lowest BCUT2D eigenvalue weighted by atomic mass is 10.1. The van der Waals surface area contributed by atoms with Crippen LogP contribution in [-0.2, 0) is 6.54 Å². The maximum absolute atomic E-state index is 12.2. The monoisotopic (exact) mass is 353 g/mol. The highest BCUT2D eigenvalue weighted by Gasteiger charge is 2.14. The second-order valence-electron chi connectivity index (χ2n) is 5.93. The Morgan fingerprint density at radius 3 is 2.69 bits per heavy atom. The van der Waals surface area contributed by atoms with Gasteiger partial charge in [-0.1, -0.05) is 24.3 Å². The van der Waals surface area contributed by atoms with E-state index in [1.54, 1.807) is 32.4 Å². The molecule has 2 aromatic carbocycles. The van der Waals surface area contributed by atoms with Crippen LogP contribution >= 0.6 is 0 Å². The number of carbonyl (C=O) groups excluding carboxylic acids is 1. The van der Waals surface area contributed by atoms with Crippen molar-refractivity contribution in [2.24, 2.45) is 4.99 Å². The van der Waals surface area contributed by atoms with Gasteiger partial charge in [0.05, 0.1) is 20.8 Å². The van der Waals surface area contributed by atoms with Crippen molar-refractivity contribution in [3.05, 3.63) is 59.2 Å². The molecule has 136 valence electrons. The van der Waals surface area contributed by atoms with E-state index in [9.17, 15) is 4.79 Å². The Morgan fingerprint density at radius 1 is 1.08 bits per heavy atom. The van der Waals surface area contributed by atoms with Gasteiger partial charge in [-0.2, -0.15) is 0 Å². The zero-order valence-corrected chi connectivity index (χ0v) is 15.0. The van der Waals surface area contributed by atoms with Crippen LogP contribution in [0.15, 0.2) is 47.5 Å². The Hall–Kier alpha value is -3.02. The van der Waals surface area contributed by atoms with E-state index in [-0.39, 0.29) is 5.91 Å². The van der Waals surface area contributed by atoms with Crippen molar-refractivity contribution in [2.75, 3.05) is 27.3 Å². The number of methoxy groups -OCH3 is 2. The molecule has 6 heteroatoms. The van der Waals surface area contributed by atoms with Gasteiger partial charge in [-0.05, 0) is 30.2 Å². The first-order valence-electron chi connectivity index (χ1n) is 8.59. The number of ether oxygens (including phenoxy) is 2. The van der Waals surface area contributed by atoms with Gasteiger partial charge in [-0.3, -0.25) is 9.79 Å². The lowest BCUT2D eigenvalue weighted by Crippen LogP contribution is -2.29. The average molecular weight is 353 g/mol. The third-order valence-electron chi connectivity index (χ3n) is 4.26. The summed E-state index contributed by atoms with van der Waals surface area (Å²) in [6.07, 6.45) is 0.806. The minimum atomic E-state index is -0.130.